The van der Waals surface area contributed by atoms with Crippen LogP contribution in [0.5, 0.6) is 0 Å². The van der Waals surface area contributed by atoms with Crippen molar-refractivity contribution >= 4 is 5.91 Å². The summed E-state index contributed by atoms with van der Waals surface area (Å²) in [6, 6.07) is 0.306. The van der Waals surface area contributed by atoms with Crippen molar-refractivity contribution in [1.29, 1.82) is 0 Å². The van der Waals surface area contributed by atoms with E-state index in [0.717, 1.165) is 19.5 Å². The molecule has 1 fully saturated rings. The summed E-state index contributed by atoms with van der Waals surface area (Å²) >= 11 is 0. The van der Waals surface area contributed by atoms with Crippen molar-refractivity contribution in [2.24, 2.45) is 0 Å². The Morgan fingerprint density at radius 3 is 2.76 bits per heavy atom. The lowest BCUT2D eigenvalue weighted by molar-refractivity contribution is 0.0668. The van der Waals surface area contributed by atoms with E-state index in [1.807, 2.05) is 0 Å². The molecule has 1 saturated heterocycles. The van der Waals surface area contributed by atoms with Crippen molar-refractivity contribution in [2.75, 3.05) is 53.6 Å². The molecule has 21 heavy (non-hydrogen) atoms. The summed E-state index contributed by atoms with van der Waals surface area (Å²) in [7, 11) is 3.28. The van der Waals surface area contributed by atoms with Crippen LogP contribution in [0.15, 0.2) is 6.20 Å². The van der Waals surface area contributed by atoms with Crippen LogP contribution in [0.2, 0.25) is 0 Å². The largest absolute Gasteiger partial charge is 0.385 e. The van der Waals surface area contributed by atoms with Gasteiger partial charge in [0.25, 0.3) is 5.91 Å². The number of nitrogens with zero attached hydrogens (tertiary/aromatic N) is 4. The molecule has 1 N–H and O–H groups in total. The zero-order chi connectivity index (χ0) is 15.1. The Bertz CT molecular complexity index is 447. The van der Waals surface area contributed by atoms with Gasteiger partial charge in [0.05, 0.1) is 18.8 Å². The Kier molecular flexibility index (Phi) is 6.09. The van der Waals surface area contributed by atoms with E-state index < -0.39 is 0 Å². The third kappa shape index (κ3) is 4.23. The second-order valence-corrected chi connectivity index (χ2v) is 5.03. The van der Waals surface area contributed by atoms with Crippen LogP contribution in [0.4, 0.5) is 0 Å². The molecule has 0 atom stereocenters. The molecule has 118 valence electrons. The predicted octanol–water partition coefficient (Wildman–Crippen LogP) is -0.452. The fourth-order valence-electron chi connectivity index (χ4n) is 2.09. The Labute approximate surface area is 124 Å². The van der Waals surface area contributed by atoms with Gasteiger partial charge in [-0.1, -0.05) is 5.21 Å². The van der Waals surface area contributed by atoms with Gasteiger partial charge in [-0.25, -0.2) is 4.68 Å². The minimum absolute atomic E-state index is 0.110. The molecule has 0 radical (unpaired) electrons. The number of hydrogen-bond donors (Lipinski definition) is 1. The first-order valence-electron chi connectivity index (χ1n) is 7.16. The predicted molar refractivity (Wildman–Crippen MR) is 76.2 cm³/mol. The third-order valence-corrected chi connectivity index (χ3v) is 3.49. The summed E-state index contributed by atoms with van der Waals surface area (Å²) in [5, 5.41) is 11.2. The van der Waals surface area contributed by atoms with E-state index >= 15 is 0 Å². The van der Waals surface area contributed by atoms with Crippen molar-refractivity contribution in [3.05, 3.63) is 11.9 Å². The van der Waals surface area contributed by atoms with Gasteiger partial charge < -0.3 is 19.7 Å². The van der Waals surface area contributed by atoms with Gasteiger partial charge in [-0.2, -0.15) is 0 Å². The molecule has 0 aliphatic carbocycles. The van der Waals surface area contributed by atoms with E-state index in [0.29, 0.717) is 38.0 Å². The van der Waals surface area contributed by atoms with Crippen LogP contribution >= 0.6 is 0 Å². The molecule has 0 spiro atoms. The fourth-order valence-corrected chi connectivity index (χ4v) is 2.09. The molecule has 2 heterocycles. The van der Waals surface area contributed by atoms with Crippen LogP contribution < -0.4 is 5.32 Å². The minimum atomic E-state index is -0.110. The van der Waals surface area contributed by atoms with E-state index in [1.165, 1.54) is 0 Å². The van der Waals surface area contributed by atoms with Crippen molar-refractivity contribution in [1.82, 2.24) is 25.2 Å². The molecular formula is C13H23N5O3. The Balaban J connectivity index is 1.96. The van der Waals surface area contributed by atoms with E-state index in [4.69, 9.17) is 9.47 Å². The van der Waals surface area contributed by atoms with Crippen molar-refractivity contribution in [3.8, 4) is 0 Å². The maximum atomic E-state index is 12.5. The SMILES string of the molecule is COCCCN(CCOC)C(=O)c1cn(C2CNC2)nn1. The molecule has 1 aromatic rings. The van der Waals surface area contributed by atoms with E-state index in [1.54, 1.807) is 30.0 Å². The molecular weight excluding hydrogens is 274 g/mol. The normalized spacial score (nSPS) is 15.0. The second-order valence-electron chi connectivity index (χ2n) is 5.03. The van der Waals surface area contributed by atoms with Gasteiger partial charge in [0.2, 0.25) is 0 Å². The number of rotatable bonds is 9. The molecule has 0 bridgehead atoms. The first kappa shape index (κ1) is 15.9. The first-order valence-corrected chi connectivity index (χ1v) is 7.16. The summed E-state index contributed by atoms with van der Waals surface area (Å²) < 4.78 is 11.8. The Morgan fingerprint density at radius 1 is 1.38 bits per heavy atom. The lowest BCUT2D eigenvalue weighted by Gasteiger charge is -2.26. The highest BCUT2D eigenvalue weighted by atomic mass is 16.5. The highest BCUT2D eigenvalue weighted by Gasteiger charge is 2.23. The summed E-state index contributed by atoms with van der Waals surface area (Å²) in [5.41, 5.74) is 0.385. The van der Waals surface area contributed by atoms with E-state index in [-0.39, 0.29) is 5.91 Å². The van der Waals surface area contributed by atoms with Gasteiger partial charge in [-0.3, -0.25) is 4.79 Å². The van der Waals surface area contributed by atoms with Gasteiger partial charge in [0.15, 0.2) is 5.69 Å². The molecule has 8 nitrogen and oxygen atoms in total. The highest BCUT2D eigenvalue weighted by Crippen LogP contribution is 2.11. The van der Waals surface area contributed by atoms with Crippen LogP contribution in [0, 0.1) is 0 Å². The van der Waals surface area contributed by atoms with Crippen LogP contribution in [-0.2, 0) is 9.47 Å². The number of hydrogen-bond acceptors (Lipinski definition) is 6. The van der Waals surface area contributed by atoms with Gasteiger partial charge in [0.1, 0.15) is 0 Å². The lowest BCUT2D eigenvalue weighted by Crippen LogP contribution is -2.43. The Hall–Kier alpha value is -1.51. The van der Waals surface area contributed by atoms with Crippen LogP contribution in [0.1, 0.15) is 23.0 Å². The van der Waals surface area contributed by atoms with Gasteiger partial charge in [-0.05, 0) is 6.42 Å². The van der Waals surface area contributed by atoms with Gasteiger partial charge >= 0.3 is 0 Å². The molecule has 1 aliphatic heterocycles. The van der Waals surface area contributed by atoms with Crippen molar-refractivity contribution in [3.63, 3.8) is 0 Å². The Morgan fingerprint density at radius 2 is 2.14 bits per heavy atom. The van der Waals surface area contributed by atoms with Crippen molar-refractivity contribution < 1.29 is 14.3 Å². The highest BCUT2D eigenvalue weighted by molar-refractivity contribution is 5.91. The number of amides is 1. The lowest BCUT2D eigenvalue weighted by atomic mass is 10.2. The summed E-state index contributed by atoms with van der Waals surface area (Å²) in [4.78, 5) is 14.2. The second kappa shape index (κ2) is 8.06. The van der Waals surface area contributed by atoms with Crippen LogP contribution in [0.25, 0.3) is 0 Å². The molecule has 0 saturated carbocycles. The van der Waals surface area contributed by atoms with Crippen LogP contribution in [0.3, 0.4) is 0 Å². The molecule has 1 aromatic heterocycles. The smallest absolute Gasteiger partial charge is 0.276 e. The first-order chi connectivity index (χ1) is 10.3. The zero-order valence-electron chi connectivity index (χ0n) is 12.6. The molecule has 1 amide bonds. The average molecular weight is 297 g/mol. The standard InChI is InChI=1S/C13H23N5O3/c1-20-6-3-4-17(5-7-21-2)13(19)12-10-18(16-15-12)11-8-14-9-11/h10-11,14H,3-9H2,1-2H3. The number of ether oxygens (including phenoxy) is 2. The fraction of sp³-hybridized carbons (Fsp3) is 0.769. The van der Waals surface area contributed by atoms with E-state index in [9.17, 15) is 4.79 Å². The maximum absolute atomic E-state index is 12.5. The summed E-state index contributed by atoms with van der Waals surface area (Å²) in [6.45, 7) is 4.03. The monoisotopic (exact) mass is 297 g/mol. The molecule has 8 heteroatoms. The number of carbonyl (C=O) groups is 1. The summed E-state index contributed by atoms with van der Waals surface area (Å²) in [6.07, 6.45) is 2.51. The molecule has 0 unspecified atom stereocenters. The quantitative estimate of drug-likeness (QED) is 0.622. The van der Waals surface area contributed by atoms with Crippen molar-refractivity contribution in [2.45, 2.75) is 12.5 Å². The van der Waals surface area contributed by atoms with Crippen LogP contribution in [-0.4, -0.2) is 79.4 Å². The zero-order valence-corrected chi connectivity index (χ0v) is 12.6. The van der Waals surface area contributed by atoms with E-state index in [2.05, 4.69) is 15.6 Å². The summed E-state index contributed by atoms with van der Waals surface area (Å²) in [5.74, 6) is -0.110. The number of carbonyl (C=O) groups excluding carboxylic acids is 1. The third-order valence-electron chi connectivity index (χ3n) is 3.49. The average Bonchev–Trinajstić information content (AvgIpc) is 2.89. The number of aromatic nitrogens is 3. The molecule has 1 aliphatic rings. The van der Waals surface area contributed by atoms with Gasteiger partial charge in [-0.15, -0.1) is 5.10 Å². The number of nitrogens with one attached hydrogen (secondary N) is 1. The molecule has 0 aromatic carbocycles. The number of methoxy groups -OCH3 is 2. The maximum Gasteiger partial charge on any atom is 0.276 e. The molecule has 2 rings (SSSR count). The minimum Gasteiger partial charge on any atom is -0.385 e. The topological polar surface area (TPSA) is 81.5 Å². The van der Waals surface area contributed by atoms with Gasteiger partial charge in [0, 0.05) is 47.0 Å².